The van der Waals surface area contributed by atoms with Crippen molar-refractivity contribution in [1.29, 1.82) is 0 Å². The summed E-state index contributed by atoms with van der Waals surface area (Å²) in [7, 11) is 3.56. The second-order valence-electron chi connectivity index (χ2n) is 6.32. The highest BCUT2D eigenvalue weighted by molar-refractivity contribution is 5.81. The smallest absolute Gasteiger partial charge is 0.223 e. The van der Waals surface area contributed by atoms with E-state index in [0.29, 0.717) is 13.0 Å². The molecule has 0 atom stereocenters. The fourth-order valence-corrected chi connectivity index (χ4v) is 2.06. The molecule has 0 radical (unpaired) electrons. The molecule has 0 fully saturated rings. The molecule has 130 valence electrons. The van der Waals surface area contributed by atoms with E-state index in [9.17, 15) is 4.79 Å². The number of hydrogen-bond donors (Lipinski definition) is 2. The molecule has 5 heteroatoms. The van der Waals surface area contributed by atoms with Crippen molar-refractivity contribution in [1.82, 2.24) is 15.5 Å². The number of guanidine groups is 1. The second kappa shape index (κ2) is 13.4. The van der Waals surface area contributed by atoms with E-state index in [2.05, 4.69) is 29.5 Å². The van der Waals surface area contributed by atoms with E-state index in [1.54, 1.807) is 19.0 Å². The number of unbranched alkanes of at least 4 members (excludes halogenated alkanes) is 3. The topological polar surface area (TPSA) is 56.7 Å². The van der Waals surface area contributed by atoms with Gasteiger partial charge in [-0.05, 0) is 19.3 Å². The summed E-state index contributed by atoms with van der Waals surface area (Å²) < 4.78 is 0. The van der Waals surface area contributed by atoms with Crippen LogP contribution in [0.2, 0.25) is 0 Å². The van der Waals surface area contributed by atoms with Crippen LogP contribution in [0.25, 0.3) is 0 Å². The summed E-state index contributed by atoms with van der Waals surface area (Å²) in [6, 6.07) is 0. The Morgan fingerprint density at radius 2 is 1.77 bits per heavy atom. The van der Waals surface area contributed by atoms with Crippen molar-refractivity contribution in [2.75, 3.05) is 33.7 Å². The Labute approximate surface area is 136 Å². The number of nitrogens with zero attached hydrogens (tertiary/aromatic N) is 2. The standard InChI is InChI=1S/C17H36N4O/c1-6-18-17(20-14-12-16(22)21(4)5)19-13-10-8-7-9-11-15(2)3/h15H,6-14H2,1-5H3,(H2,18,19,20). The van der Waals surface area contributed by atoms with Gasteiger partial charge in [-0.3, -0.25) is 9.79 Å². The van der Waals surface area contributed by atoms with Gasteiger partial charge in [0, 0.05) is 40.2 Å². The quantitative estimate of drug-likeness (QED) is 0.350. The van der Waals surface area contributed by atoms with E-state index < -0.39 is 0 Å². The van der Waals surface area contributed by atoms with Crippen LogP contribution in [0.15, 0.2) is 4.99 Å². The van der Waals surface area contributed by atoms with E-state index >= 15 is 0 Å². The number of aliphatic imine (C=N–C) groups is 1. The van der Waals surface area contributed by atoms with Crippen LogP contribution in [0.4, 0.5) is 0 Å². The van der Waals surface area contributed by atoms with Gasteiger partial charge in [-0.2, -0.15) is 0 Å². The number of carbonyl (C=O) groups excluding carboxylic acids is 1. The molecule has 0 aromatic carbocycles. The van der Waals surface area contributed by atoms with E-state index in [4.69, 9.17) is 0 Å². The van der Waals surface area contributed by atoms with Crippen LogP contribution in [0.1, 0.15) is 59.3 Å². The van der Waals surface area contributed by atoms with Gasteiger partial charge >= 0.3 is 0 Å². The zero-order chi connectivity index (χ0) is 16.8. The monoisotopic (exact) mass is 312 g/mol. The maximum atomic E-state index is 11.5. The number of rotatable bonds is 11. The first-order valence-electron chi connectivity index (χ1n) is 8.69. The van der Waals surface area contributed by atoms with Crippen molar-refractivity contribution in [2.24, 2.45) is 10.9 Å². The Kier molecular flexibility index (Phi) is 12.6. The first kappa shape index (κ1) is 20.7. The third kappa shape index (κ3) is 12.5. The molecule has 1 amide bonds. The lowest BCUT2D eigenvalue weighted by Crippen LogP contribution is -2.39. The molecule has 5 nitrogen and oxygen atoms in total. The molecular formula is C17H36N4O. The van der Waals surface area contributed by atoms with Crippen LogP contribution < -0.4 is 10.6 Å². The Bertz CT molecular complexity index is 314. The fourth-order valence-electron chi connectivity index (χ4n) is 2.06. The first-order chi connectivity index (χ1) is 10.5. The Morgan fingerprint density at radius 3 is 2.36 bits per heavy atom. The van der Waals surface area contributed by atoms with Gasteiger partial charge in [-0.1, -0.05) is 39.5 Å². The fraction of sp³-hybridized carbons (Fsp3) is 0.882. The van der Waals surface area contributed by atoms with Crippen molar-refractivity contribution >= 4 is 11.9 Å². The minimum Gasteiger partial charge on any atom is -0.357 e. The average Bonchev–Trinajstić information content (AvgIpc) is 2.45. The van der Waals surface area contributed by atoms with Crippen LogP contribution in [-0.4, -0.2) is 50.5 Å². The van der Waals surface area contributed by atoms with Gasteiger partial charge in [0.15, 0.2) is 5.96 Å². The third-order valence-electron chi connectivity index (χ3n) is 3.43. The van der Waals surface area contributed by atoms with Crippen molar-refractivity contribution < 1.29 is 4.79 Å². The summed E-state index contributed by atoms with van der Waals surface area (Å²) in [5, 5.41) is 6.43. The van der Waals surface area contributed by atoms with E-state index in [0.717, 1.165) is 31.4 Å². The first-order valence-corrected chi connectivity index (χ1v) is 8.69. The maximum absolute atomic E-state index is 11.5. The average molecular weight is 313 g/mol. The number of amides is 1. The van der Waals surface area contributed by atoms with Crippen LogP contribution in [-0.2, 0) is 4.79 Å². The van der Waals surface area contributed by atoms with Crippen LogP contribution >= 0.6 is 0 Å². The highest BCUT2D eigenvalue weighted by atomic mass is 16.2. The van der Waals surface area contributed by atoms with Crippen LogP contribution in [0.5, 0.6) is 0 Å². The van der Waals surface area contributed by atoms with E-state index in [1.165, 1.54) is 25.7 Å². The van der Waals surface area contributed by atoms with Gasteiger partial charge < -0.3 is 15.5 Å². The molecule has 0 saturated heterocycles. The predicted molar refractivity (Wildman–Crippen MR) is 95.2 cm³/mol. The molecule has 0 bridgehead atoms. The molecule has 0 aliphatic carbocycles. The SMILES string of the molecule is CCNC(=NCCCCCCC(C)C)NCCC(=O)N(C)C. The van der Waals surface area contributed by atoms with Crippen molar-refractivity contribution in [3.05, 3.63) is 0 Å². The maximum Gasteiger partial charge on any atom is 0.223 e. The van der Waals surface area contributed by atoms with Crippen LogP contribution in [0.3, 0.4) is 0 Å². The van der Waals surface area contributed by atoms with Gasteiger partial charge in [0.25, 0.3) is 0 Å². The molecule has 22 heavy (non-hydrogen) atoms. The molecule has 0 rings (SSSR count). The van der Waals surface area contributed by atoms with Gasteiger partial charge in [0.2, 0.25) is 5.91 Å². The lowest BCUT2D eigenvalue weighted by atomic mass is 10.0. The molecule has 0 unspecified atom stereocenters. The van der Waals surface area contributed by atoms with Crippen molar-refractivity contribution in [2.45, 2.75) is 59.3 Å². The summed E-state index contributed by atoms with van der Waals surface area (Å²) in [6.45, 7) is 8.91. The molecule has 0 aliphatic heterocycles. The molecule has 0 saturated carbocycles. The largest absolute Gasteiger partial charge is 0.357 e. The number of carbonyl (C=O) groups is 1. The molecule has 2 N–H and O–H groups in total. The minimum atomic E-state index is 0.133. The van der Waals surface area contributed by atoms with Gasteiger partial charge in [0.05, 0.1) is 0 Å². The highest BCUT2D eigenvalue weighted by Gasteiger charge is 2.04. The van der Waals surface area contributed by atoms with E-state index in [-0.39, 0.29) is 5.91 Å². The molecular weight excluding hydrogens is 276 g/mol. The van der Waals surface area contributed by atoms with Crippen LogP contribution in [0, 0.1) is 5.92 Å². The summed E-state index contributed by atoms with van der Waals surface area (Å²) in [5.74, 6) is 1.76. The lowest BCUT2D eigenvalue weighted by Gasteiger charge is -2.13. The Morgan fingerprint density at radius 1 is 1.09 bits per heavy atom. The zero-order valence-corrected chi connectivity index (χ0v) is 15.2. The van der Waals surface area contributed by atoms with Gasteiger partial charge in [-0.15, -0.1) is 0 Å². The number of nitrogens with one attached hydrogen (secondary N) is 2. The third-order valence-corrected chi connectivity index (χ3v) is 3.43. The van der Waals surface area contributed by atoms with Gasteiger partial charge in [0.1, 0.15) is 0 Å². The highest BCUT2D eigenvalue weighted by Crippen LogP contribution is 2.09. The molecule has 0 aromatic rings. The summed E-state index contributed by atoms with van der Waals surface area (Å²) in [4.78, 5) is 17.7. The minimum absolute atomic E-state index is 0.133. The predicted octanol–water partition coefficient (Wildman–Crippen LogP) is 2.63. The van der Waals surface area contributed by atoms with Crippen molar-refractivity contribution in [3.63, 3.8) is 0 Å². The molecule has 0 aromatic heterocycles. The van der Waals surface area contributed by atoms with Crippen molar-refractivity contribution in [3.8, 4) is 0 Å². The second-order valence-corrected chi connectivity index (χ2v) is 6.32. The van der Waals surface area contributed by atoms with Gasteiger partial charge in [-0.25, -0.2) is 0 Å². The number of hydrogen-bond acceptors (Lipinski definition) is 2. The summed E-state index contributed by atoms with van der Waals surface area (Å²) >= 11 is 0. The molecule has 0 aliphatic rings. The van der Waals surface area contributed by atoms with E-state index in [1.807, 2.05) is 6.92 Å². The Balaban J connectivity index is 3.83. The molecule has 0 spiro atoms. The summed E-state index contributed by atoms with van der Waals surface area (Å²) in [6.07, 6.45) is 6.82. The Hall–Kier alpha value is -1.26. The summed E-state index contributed by atoms with van der Waals surface area (Å²) in [5.41, 5.74) is 0. The molecule has 0 heterocycles. The lowest BCUT2D eigenvalue weighted by molar-refractivity contribution is -0.128. The zero-order valence-electron chi connectivity index (χ0n) is 15.2. The normalized spacial score (nSPS) is 11.6.